The second-order valence-corrected chi connectivity index (χ2v) is 6.61. The highest BCUT2D eigenvalue weighted by atomic mass is 35.5. The molecule has 0 heterocycles. The number of Topliss-reactive ketones (excluding diaryl/α,β-unsaturated/α-hetero) is 1. The van der Waals surface area contributed by atoms with Gasteiger partial charge in [0.15, 0.2) is 5.78 Å². The topological polar surface area (TPSA) is 37.4 Å². The summed E-state index contributed by atoms with van der Waals surface area (Å²) < 4.78 is 0. The summed E-state index contributed by atoms with van der Waals surface area (Å²) in [7, 11) is 1.64. The van der Waals surface area contributed by atoms with Crippen LogP contribution in [0, 0.1) is 13.8 Å². The number of carbonyl (C=O) groups excluding carboxylic acids is 2. The first-order chi connectivity index (χ1) is 11.8. The van der Waals surface area contributed by atoms with Crippen LogP contribution < -0.4 is 0 Å². The number of nitrogens with zero attached hydrogens (tertiary/aromatic N) is 1. The van der Waals surface area contributed by atoms with Crippen LogP contribution in [-0.2, 0) is 4.79 Å². The zero-order valence-corrected chi connectivity index (χ0v) is 15.7. The number of carbonyl (C=O) groups is 2. The fourth-order valence-electron chi connectivity index (χ4n) is 2.36. The number of hydrogen-bond acceptors (Lipinski definition) is 2. The number of benzene rings is 2. The maximum atomic E-state index is 12.6. The van der Waals surface area contributed by atoms with Crippen molar-refractivity contribution >= 4 is 29.4 Å². The van der Waals surface area contributed by atoms with Crippen molar-refractivity contribution in [3.05, 3.63) is 75.8 Å². The summed E-state index contributed by atoms with van der Waals surface area (Å²) in [6.07, 6.45) is 3.18. The van der Waals surface area contributed by atoms with Crippen molar-refractivity contribution in [2.24, 2.45) is 0 Å². The predicted molar refractivity (Wildman–Crippen MR) is 103 cm³/mol. The average molecular weight is 356 g/mol. The van der Waals surface area contributed by atoms with Crippen molar-refractivity contribution in [3.8, 4) is 0 Å². The van der Waals surface area contributed by atoms with Gasteiger partial charge in [0.2, 0.25) is 5.91 Å². The van der Waals surface area contributed by atoms with E-state index in [4.69, 9.17) is 11.6 Å². The number of hydrogen-bond donors (Lipinski definition) is 0. The Hall–Kier alpha value is -2.39. The van der Waals surface area contributed by atoms with Gasteiger partial charge in [0.05, 0.1) is 6.04 Å². The smallest absolute Gasteiger partial charge is 0.246 e. The molecule has 0 aromatic heterocycles. The molecule has 0 spiro atoms. The molecule has 0 saturated heterocycles. The van der Waals surface area contributed by atoms with Crippen molar-refractivity contribution in [2.75, 3.05) is 7.05 Å². The standard InChI is InChI=1S/C21H22ClNO2/c1-14-5-9-18(13-15(14)2)21(25)16(3)23(4)20(24)12-8-17-6-10-19(22)11-7-17/h5-13,16H,1-4H3/b12-8+. The van der Waals surface area contributed by atoms with Gasteiger partial charge in [-0.1, -0.05) is 35.9 Å². The lowest BCUT2D eigenvalue weighted by atomic mass is 10.00. The van der Waals surface area contributed by atoms with Gasteiger partial charge < -0.3 is 4.90 Å². The number of ketones is 1. The molecule has 0 fully saturated rings. The SMILES string of the molecule is Cc1ccc(C(=O)C(C)N(C)C(=O)/C=C/c2ccc(Cl)cc2)cc1C. The second-order valence-electron chi connectivity index (χ2n) is 6.17. The molecule has 3 nitrogen and oxygen atoms in total. The van der Waals surface area contributed by atoms with Gasteiger partial charge in [0, 0.05) is 23.7 Å². The van der Waals surface area contributed by atoms with E-state index in [1.807, 2.05) is 44.2 Å². The first kappa shape index (κ1) is 18.9. The molecule has 0 aliphatic heterocycles. The molecule has 4 heteroatoms. The van der Waals surface area contributed by atoms with Gasteiger partial charge in [-0.2, -0.15) is 0 Å². The van der Waals surface area contributed by atoms with Crippen LogP contribution in [0.5, 0.6) is 0 Å². The average Bonchev–Trinajstić information content (AvgIpc) is 2.61. The van der Waals surface area contributed by atoms with Crippen molar-refractivity contribution in [2.45, 2.75) is 26.8 Å². The summed E-state index contributed by atoms with van der Waals surface area (Å²) in [6.45, 7) is 5.72. The molecule has 0 aliphatic carbocycles. The summed E-state index contributed by atoms with van der Waals surface area (Å²) >= 11 is 5.84. The maximum absolute atomic E-state index is 12.6. The highest BCUT2D eigenvalue weighted by Gasteiger charge is 2.22. The predicted octanol–water partition coefficient (Wildman–Crippen LogP) is 4.70. The summed E-state index contributed by atoms with van der Waals surface area (Å²) in [5.41, 5.74) is 3.70. The van der Waals surface area contributed by atoms with Crippen LogP contribution in [0.3, 0.4) is 0 Å². The molecule has 0 saturated carbocycles. The lowest BCUT2D eigenvalue weighted by Gasteiger charge is -2.23. The van der Waals surface area contributed by atoms with Crippen LogP contribution in [0.15, 0.2) is 48.5 Å². The molecule has 2 aromatic carbocycles. The fourth-order valence-corrected chi connectivity index (χ4v) is 2.49. The third-order valence-electron chi connectivity index (χ3n) is 4.39. The van der Waals surface area contributed by atoms with Gasteiger partial charge >= 0.3 is 0 Å². The second kappa shape index (κ2) is 8.13. The fraction of sp³-hybridized carbons (Fsp3) is 0.238. The first-order valence-electron chi connectivity index (χ1n) is 8.11. The number of likely N-dealkylation sites (N-methyl/N-ethyl adjacent to an activating group) is 1. The summed E-state index contributed by atoms with van der Waals surface area (Å²) in [5, 5.41) is 0.646. The van der Waals surface area contributed by atoms with Crippen molar-refractivity contribution in [3.63, 3.8) is 0 Å². The Bertz CT molecular complexity index is 809. The molecule has 0 bridgehead atoms. The third-order valence-corrected chi connectivity index (χ3v) is 4.64. The minimum Gasteiger partial charge on any atom is -0.332 e. The molecule has 25 heavy (non-hydrogen) atoms. The lowest BCUT2D eigenvalue weighted by molar-refractivity contribution is -0.125. The van der Waals surface area contributed by atoms with E-state index in [1.54, 1.807) is 32.2 Å². The van der Waals surface area contributed by atoms with Crippen LogP contribution in [0.2, 0.25) is 5.02 Å². The van der Waals surface area contributed by atoms with E-state index in [9.17, 15) is 9.59 Å². The van der Waals surface area contributed by atoms with E-state index < -0.39 is 6.04 Å². The molecule has 1 atom stereocenters. The Morgan fingerprint density at radius 2 is 1.68 bits per heavy atom. The highest BCUT2D eigenvalue weighted by Crippen LogP contribution is 2.14. The minimum absolute atomic E-state index is 0.0705. The van der Waals surface area contributed by atoms with Gasteiger partial charge in [0.1, 0.15) is 0 Å². The number of amides is 1. The van der Waals surface area contributed by atoms with Crippen molar-refractivity contribution < 1.29 is 9.59 Å². The van der Waals surface area contributed by atoms with E-state index in [1.165, 1.54) is 11.0 Å². The Kier molecular flexibility index (Phi) is 6.16. The lowest BCUT2D eigenvalue weighted by Crippen LogP contribution is -2.39. The monoisotopic (exact) mass is 355 g/mol. The quantitative estimate of drug-likeness (QED) is 0.576. The molecule has 130 valence electrons. The number of halogens is 1. The highest BCUT2D eigenvalue weighted by molar-refractivity contribution is 6.30. The summed E-state index contributed by atoms with van der Waals surface area (Å²) in [4.78, 5) is 26.4. The Balaban J connectivity index is 2.08. The Labute approximate surface area is 153 Å². The van der Waals surface area contributed by atoms with E-state index in [0.29, 0.717) is 10.6 Å². The van der Waals surface area contributed by atoms with E-state index in [0.717, 1.165) is 16.7 Å². The Morgan fingerprint density at radius 1 is 1.04 bits per heavy atom. The van der Waals surface area contributed by atoms with Gasteiger partial charge in [-0.25, -0.2) is 0 Å². The van der Waals surface area contributed by atoms with Crippen LogP contribution in [-0.4, -0.2) is 29.7 Å². The maximum Gasteiger partial charge on any atom is 0.246 e. The van der Waals surface area contributed by atoms with Gasteiger partial charge in [-0.05, 0) is 61.7 Å². The van der Waals surface area contributed by atoms with Crippen molar-refractivity contribution in [1.29, 1.82) is 0 Å². The zero-order valence-electron chi connectivity index (χ0n) is 14.9. The van der Waals surface area contributed by atoms with E-state index in [-0.39, 0.29) is 11.7 Å². The van der Waals surface area contributed by atoms with Crippen LogP contribution in [0.1, 0.15) is 34.0 Å². The van der Waals surface area contributed by atoms with Gasteiger partial charge in [-0.15, -0.1) is 0 Å². The molecular weight excluding hydrogens is 334 g/mol. The minimum atomic E-state index is -0.538. The molecular formula is C21H22ClNO2. The number of rotatable bonds is 5. The van der Waals surface area contributed by atoms with Gasteiger partial charge in [-0.3, -0.25) is 9.59 Å². The third kappa shape index (κ3) is 4.80. The molecule has 2 aromatic rings. The normalized spacial score (nSPS) is 12.2. The first-order valence-corrected chi connectivity index (χ1v) is 8.49. The molecule has 1 unspecified atom stereocenters. The van der Waals surface area contributed by atoms with E-state index in [2.05, 4.69) is 0 Å². The van der Waals surface area contributed by atoms with Crippen LogP contribution in [0.4, 0.5) is 0 Å². The molecule has 1 amide bonds. The van der Waals surface area contributed by atoms with Crippen LogP contribution in [0.25, 0.3) is 6.08 Å². The number of aryl methyl sites for hydroxylation is 2. The molecule has 2 rings (SSSR count). The largest absolute Gasteiger partial charge is 0.332 e. The molecule has 0 radical (unpaired) electrons. The van der Waals surface area contributed by atoms with Gasteiger partial charge in [0.25, 0.3) is 0 Å². The summed E-state index contributed by atoms with van der Waals surface area (Å²) in [6, 6.07) is 12.3. The zero-order chi connectivity index (χ0) is 18.6. The summed E-state index contributed by atoms with van der Waals surface area (Å²) in [5.74, 6) is -0.293. The Morgan fingerprint density at radius 3 is 2.28 bits per heavy atom. The van der Waals surface area contributed by atoms with Crippen LogP contribution >= 0.6 is 11.6 Å². The molecule has 0 N–H and O–H groups in total. The van der Waals surface area contributed by atoms with E-state index >= 15 is 0 Å². The molecule has 0 aliphatic rings. The van der Waals surface area contributed by atoms with Crippen molar-refractivity contribution in [1.82, 2.24) is 4.90 Å².